The molecule has 1 aliphatic rings. The maximum atomic E-state index is 13.1. The number of hydrogen-bond donors (Lipinski definition) is 1. The van der Waals surface area contributed by atoms with Crippen molar-refractivity contribution in [3.63, 3.8) is 0 Å². The van der Waals surface area contributed by atoms with Crippen LogP contribution in [0.4, 0.5) is 14.7 Å². The summed E-state index contributed by atoms with van der Waals surface area (Å²) in [5, 5.41) is 0.483. The van der Waals surface area contributed by atoms with Crippen molar-refractivity contribution in [3.8, 4) is 16.9 Å². The van der Waals surface area contributed by atoms with Crippen molar-refractivity contribution < 1.29 is 27.8 Å². The largest absolute Gasteiger partial charge is 0.454 e. The molecule has 2 N–H and O–H groups in total. The van der Waals surface area contributed by atoms with Crippen molar-refractivity contribution in [2.24, 2.45) is 18.7 Å². The molecule has 1 aliphatic heterocycles. The summed E-state index contributed by atoms with van der Waals surface area (Å²) in [6.45, 7) is 5.58. The molecule has 3 heterocycles. The third-order valence-electron chi connectivity index (χ3n) is 8.44. The Hall–Kier alpha value is -4.56. The summed E-state index contributed by atoms with van der Waals surface area (Å²) < 4.78 is 39.3. The standard InChI is InChI=1S/C33H39F2N7O5.ClH/c1-19(2)29(36)31(45)46-18-28(43)41-11-10-40(16-21(41)4)33-37-14-24(15-38-33)22-7-8-25-26(13-22)42(39(5)30(25)44)17-23-12-20(3)6-9-27(23)47-32(34)35;/h6-9,12-15,19,21,29,32H,10-11,16-18,36H2,1-5H3;1H. The summed E-state index contributed by atoms with van der Waals surface area (Å²) in [7, 11) is 1.63. The molecule has 4 aromatic rings. The lowest BCUT2D eigenvalue weighted by Gasteiger charge is -2.39. The first kappa shape index (κ1) is 36.3. The highest BCUT2D eigenvalue weighted by molar-refractivity contribution is 5.86. The molecule has 5 rings (SSSR count). The second kappa shape index (κ2) is 15.1. The van der Waals surface area contributed by atoms with Crippen LogP contribution in [0.25, 0.3) is 22.0 Å². The number of ether oxygens (including phenoxy) is 2. The minimum absolute atomic E-state index is 0. The summed E-state index contributed by atoms with van der Waals surface area (Å²) in [4.78, 5) is 50.7. The third kappa shape index (κ3) is 7.76. The highest BCUT2D eigenvalue weighted by Gasteiger charge is 2.30. The molecule has 2 aromatic heterocycles. The van der Waals surface area contributed by atoms with E-state index in [1.165, 1.54) is 10.7 Å². The molecule has 2 atom stereocenters. The number of halogens is 3. The first-order valence-corrected chi connectivity index (χ1v) is 15.4. The van der Waals surface area contributed by atoms with E-state index in [9.17, 15) is 23.2 Å². The number of aromatic nitrogens is 4. The Balaban J connectivity index is 0.00000520. The molecule has 258 valence electrons. The first-order valence-electron chi connectivity index (χ1n) is 15.4. The van der Waals surface area contributed by atoms with Crippen LogP contribution < -0.4 is 20.9 Å². The predicted molar refractivity (Wildman–Crippen MR) is 180 cm³/mol. The Morgan fingerprint density at radius 2 is 1.77 bits per heavy atom. The van der Waals surface area contributed by atoms with E-state index in [0.29, 0.717) is 42.0 Å². The van der Waals surface area contributed by atoms with Crippen LogP contribution >= 0.6 is 12.4 Å². The smallest absolute Gasteiger partial charge is 0.387 e. The molecule has 0 bridgehead atoms. The van der Waals surface area contributed by atoms with Crippen LogP contribution in [0.3, 0.4) is 0 Å². The first-order chi connectivity index (χ1) is 22.3. The number of hydrogen-bond acceptors (Lipinski definition) is 9. The van der Waals surface area contributed by atoms with Crippen LogP contribution in [0, 0.1) is 12.8 Å². The number of aryl methyl sites for hydroxylation is 1. The van der Waals surface area contributed by atoms with Crippen LogP contribution in [0.1, 0.15) is 31.9 Å². The molecule has 48 heavy (non-hydrogen) atoms. The Morgan fingerprint density at radius 3 is 2.42 bits per heavy atom. The SMILES string of the molecule is Cc1ccc(OC(F)F)c(Cn2c3cc(-c4cnc(N5CCN(C(=O)COC(=O)C(N)C(C)C)C(C)C5)nc4)ccc3c(=O)n2C)c1.Cl. The van der Waals surface area contributed by atoms with Crippen molar-refractivity contribution in [1.82, 2.24) is 24.2 Å². The fourth-order valence-electron chi connectivity index (χ4n) is 5.67. The summed E-state index contributed by atoms with van der Waals surface area (Å²) in [5.74, 6) is -0.416. The zero-order valence-corrected chi connectivity index (χ0v) is 28.2. The average Bonchev–Trinajstić information content (AvgIpc) is 3.28. The van der Waals surface area contributed by atoms with E-state index < -0.39 is 18.6 Å². The van der Waals surface area contributed by atoms with Gasteiger partial charge < -0.3 is 25.0 Å². The quantitative estimate of drug-likeness (QED) is 0.247. The zero-order valence-electron chi connectivity index (χ0n) is 27.4. The van der Waals surface area contributed by atoms with Gasteiger partial charge in [-0.1, -0.05) is 37.6 Å². The van der Waals surface area contributed by atoms with Crippen LogP contribution in [0.2, 0.25) is 0 Å². The van der Waals surface area contributed by atoms with E-state index in [4.69, 9.17) is 15.2 Å². The molecule has 1 fully saturated rings. The molecule has 15 heteroatoms. The van der Waals surface area contributed by atoms with Crippen LogP contribution in [-0.4, -0.2) is 81.0 Å². The van der Waals surface area contributed by atoms with Crippen molar-refractivity contribution in [2.75, 3.05) is 31.1 Å². The van der Waals surface area contributed by atoms with Gasteiger partial charge in [-0.05, 0) is 43.5 Å². The number of carbonyl (C=O) groups excluding carboxylic acids is 2. The number of anilines is 1. The minimum atomic E-state index is -2.98. The molecule has 1 amide bonds. The zero-order chi connectivity index (χ0) is 34.0. The molecular formula is C33H40ClF2N7O5. The number of rotatable bonds is 10. The van der Waals surface area contributed by atoms with Crippen LogP contribution in [0.15, 0.2) is 53.6 Å². The monoisotopic (exact) mass is 687 g/mol. The van der Waals surface area contributed by atoms with Gasteiger partial charge in [0.2, 0.25) is 5.95 Å². The Labute approximate surface area is 282 Å². The maximum Gasteiger partial charge on any atom is 0.387 e. The fraction of sp³-hybridized carbons (Fsp3) is 0.424. The van der Waals surface area contributed by atoms with Gasteiger partial charge in [0.1, 0.15) is 11.8 Å². The lowest BCUT2D eigenvalue weighted by atomic mass is 10.1. The number of piperazine rings is 1. The third-order valence-corrected chi connectivity index (χ3v) is 8.44. The number of fused-ring (bicyclic) bond motifs is 1. The molecular weight excluding hydrogens is 648 g/mol. The van der Waals surface area contributed by atoms with Gasteiger partial charge in [-0.2, -0.15) is 8.78 Å². The van der Waals surface area contributed by atoms with Gasteiger partial charge in [-0.15, -0.1) is 12.4 Å². The topological polar surface area (TPSA) is 138 Å². The van der Waals surface area contributed by atoms with E-state index in [1.807, 2.05) is 44.7 Å². The number of benzene rings is 2. The molecule has 2 unspecified atom stereocenters. The second-order valence-corrected chi connectivity index (χ2v) is 12.1. The summed E-state index contributed by atoms with van der Waals surface area (Å²) in [5.41, 5.74) is 9.10. The lowest BCUT2D eigenvalue weighted by Crippen LogP contribution is -2.55. The number of amides is 1. The summed E-state index contributed by atoms with van der Waals surface area (Å²) in [6.07, 6.45) is 3.40. The molecule has 1 saturated heterocycles. The number of nitrogens with zero attached hydrogens (tertiary/aromatic N) is 6. The van der Waals surface area contributed by atoms with E-state index >= 15 is 0 Å². The van der Waals surface area contributed by atoms with Crippen molar-refractivity contribution in [2.45, 2.75) is 52.9 Å². The van der Waals surface area contributed by atoms with Crippen molar-refractivity contribution in [1.29, 1.82) is 0 Å². The van der Waals surface area contributed by atoms with Gasteiger partial charge in [-0.25, -0.2) is 9.97 Å². The number of alkyl halides is 2. The number of nitrogens with two attached hydrogens (primary N) is 1. The van der Waals surface area contributed by atoms with Gasteiger partial charge >= 0.3 is 12.6 Å². The predicted octanol–water partition coefficient (Wildman–Crippen LogP) is 3.74. The molecule has 0 radical (unpaired) electrons. The van der Waals surface area contributed by atoms with Gasteiger partial charge in [0.05, 0.1) is 17.4 Å². The summed E-state index contributed by atoms with van der Waals surface area (Å²) in [6, 6.07) is 9.41. The van der Waals surface area contributed by atoms with Gasteiger partial charge in [0.25, 0.3) is 11.5 Å². The Kier molecular flexibility index (Phi) is 11.4. The number of carbonyl (C=O) groups is 2. The Bertz CT molecular complexity index is 1830. The van der Waals surface area contributed by atoms with E-state index in [-0.39, 0.29) is 54.7 Å². The Morgan fingerprint density at radius 1 is 1.06 bits per heavy atom. The molecule has 0 aliphatic carbocycles. The second-order valence-electron chi connectivity index (χ2n) is 12.1. The molecule has 0 spiro atoms. The molecule has 2 aromatic carbocycles. The highest BCUT2D eigenvalue weighted by Crippen LogP contribution is 2.27. The van der Waals surface area contributed by atoms with Crippen molar-refractivity contribution >= 4 is 41.1 Å². The van der Waals surface area contributed by atoms with Crippen LogP contribution in [0.5, 0.6) is 5.75 Å². The van der Waals surface area contributed by atoms with Gasteiger partial charge in [0.15, 0.2) is 6.61 Å². The average molecular weight is 688 g/mol. The van der Waals surface area contributed by atoms with Gasteiger partial charge in [-0.3, -0.25) is 23.7 Å². The fourth-order valence-corrected chi connectivity index (χ4v) is 5.67. The summed E-state index contributed by atoms with van der Waals surface area (Å²) >= 11 is 0. The normalized spacial score (nSPS) is 15.5. The lowest BCUT2D eigenvalue weighted by molar-refractivity contribution is -0.154. The number of esters is 1. The van der Waals surface area contributed by atoms with E-state index in [1.54, 1.807) is 47.2 Å². The maximum absolute atomic E-state index is 13.1. The highest BCUT2D eigenvalue weighted by atomic mass is 35.5. The van der Waals surface area contributed by atoms with Crippen LogP contribution in [-0.2, 0) is 27.9 Å². The molecule has 12 nitrogen and oxygen atoms in total. The van der Waals surface area contributed by atoms with E-state index in [0.717, 1.165) is 16.7 Å². The van der Waals surface area contributed by atoms with E-state index in [2.05, 4.69) is 9.97 Å². The van der Waals surface area contributed by atoms with Gasteiger partial charge in [0, 0.05) is 56.2 Å². The minimum Gasteiger partial charge on any atom is -0.454 e. The van der Waals surface area contributed by atoms with Crippen molar-refractivity contribution in [3.05, 3.63) is 70.3 Å². The molecule has 0 saturated carbocycles.